The van der Waals surface area contributed by atoms with Crippen molar-refractivity contribution in [2.75, 3.05) is 20.8 Å². The zero-order chi connectivity index (χ0) is 17.7. The molecule has 7 nitrogen and oxygen atoms in total. The van der Waals surface area contributed by atoms with Crippen LogP contribution >= 0.6 is 11.3 Å². The van der Waals surface area contributed by atoms with E-state index < -0.39 is 12.5 Å². The van der Waals surface area contributed by atoms with E-state index in [0.29, 0.717) is 21.9 Å². The van der Waals surface area contributed by atoms with Crippen LogP contribution in [0.1, 0.15) is 20.2 Å². The normalized spacial score (nSPS) is 10.3. The average Bonchev–Trinajstić information content (AvgIpc) is 2.99. The number of carboxylic acids is 1. The predicted molar refractivity (Wildman–Crippen MR) is 88.8 cm³/mol. The number of carboxylic acid groups (broad SMARTS) is 1. The van der Waals surface area contributed by atoms with E-state index in [4.69, 9.17) is 14.6 Å². The molecule has 8 heteroatoms. The second-order valence-electron chi connectivity index (χ2n) is 5.02. The van der Waals surface area contributed by atoms with Crippen molar-refractivity contribution in [3.8, 4) is 11.5 Å². The first-order valence-electron chi connectivity index (χ1n) is 7.08. The second kappa shape index (κ2) is 7.78. The fourth-order valence-corrected chi connectivity index (χ4v) is 2.90. The van der Waals surface area contributed by atoms with Gasteiger partial charge in [-0.25, -0.2) is 4.98 Å². The quantitative estimate of drug-likeness (QED) is 0.823. The van der Waals surface area contributed by atoms with Gasteiger partial charge in [-0.05, 0) is 24.6 Å². The van der Waals surface area contributed by atoms with Crippen LogP contribution in [-0.2, 0) is 11.3 Å². The lowest BCUT2D eigenvalue weighted by atomic mass is 10.2. The average molecular weight is 350 g/mol. The molecule has 2 rings (SSSR count). The summed E-state index contributed by atoms with van der Waals surface area (Å²) in [7, 11) is 3.05. The fourth-order valence-electron chi connectivity index (χ4n) is 2.16. The highest BCUT2D eigenvalue weighted by Gasteiger charge is 2.21. The van der Waals surface area contributed by atoms with Gasteiger partial charge in [-0.15, -0.1) is 11.3 Å². The molecule has 0 aliphatic rings. The van der Waals surface area contributed by atoms with Crippen molar-refractivity contribution in [1.82, 2.24) is 9.88 Å². The minimum Gasteiger partial charge on any atom is -0.497 e. The molecule has 1 amide bonds. The van der Waals surface area contributed by atoms with Gasteiger partial charge in [-0.3, -0.25) is 9.59 Å². The van der Waals surface area contributed by atoms with E-state index in [1.54, 1.807) is 25.1 Å². The molecule has 0 fully saturated rings. The highest BCUT2D eigenvalue weighted by molar-refractivity contribution is 7.13. The van der Waals surface area contributed by atoms with Crippen LogP contribution in [0.4, 0.5) is 0 Å². The summed E-state index contributed by atoms with van der Waals surface area (Å²) in [5.41, 5.74) is 0.710. The molecule has 24 heavy (non-hydrogen) atoms. The number of aliphatic carboxylic acids is 1. The van der Waals surface area contributed by atoms with Gasteiger partial charge in [0.2, 0.25) is 0 Å². The zero-order valence-corrected chi connectivity index (χ0v) is 14.4. The summed E-state index contributed by atoms with van der Waals surface area (Å²) in [5, 5.41) is 9.86. The van der Waals surface area contributed by atoms with Crippen LogP contribution in [0.2, 0.25) is 0 Å². The Morgan fingerprint density at radius 2 is 1.83 bits per heavy atom. The summed E-state index contributed by atoms with van der Waals surface area (Å²) in [6.45, 7) is 1.50. The van der Waals surface area contributed by atoms with E-state index in [1.807, 2.05) is 0 Å². The first kappa shape index (κ1) is 17.7. The van der Waals surface area contributed by atoms with Crippen LogP contribution in [0.25, 0.3) is 0 Å². The SMILES string of the molecule is COc1cc(CN(CC(=O)O)C(=O)c2cnc(C)s2)cc(OC)c1. The van der Waals surface area contributed by atoms with Crippen molar-refractivity contribution >= 4 is 23.2 Å². The molecule has 0 aliphatic carbocycles. The van der Waals surface area contributed by atoms with Gasteiger partial charge < -0.3 is 19.5 Å². The number of hydrogen-bond acceptors (Lipinski definition) is 6. The Morgan fingerprint density at radius 1 is 1.21 bits per heavy atom. The zero-order valence-electron chi connectivity index (χ0n) is 13.6. The number of thiazole rings is 1. The highest BCUT2D eigenvalue weighted by atomic mass is 32.1. The number of aryl methyl sites for hydroxylation is 1. The van der Waals surface area contributed by atoms with E-state index in [2.05, 4.69) is 4.98 Å². The number of rotatable bonds is 7. The fraction of sp³-hybridized carbons (Fsp3) is 0.312. The molecule has 0 radical (unpaired) electrons. The lowest BCUT2D eigenvalue weighted by molar-refractivity contribution is -0.137. The Hall–Kier alpha value is -2.61. The summed E-state index contributed by atoms with van der Waals surface area (Å²) in [5.74, 6) is -0.314. The number of ether oxygens (including phenoxy) is 2. The Bertz CT molecular complexity index is 722. The summed E-state index contributed by atoms with van der Waals surface area (Å²) in [6.07, 6.45) is 1.46. The molecule has 1 aromatic carbocycles. The van der Waals surface area contributed by atoms with E-state index in [0.717, 1.165) is 5.01 Å². The molecule has 0 atom stereocenters. The molecule has 128 valence electrons. The standard InChI is InChI=1S/C16H18N2O5S/c1-10-17-7-14(24-10)16(21)18(9-15(19)20)8-11-4-12(22-2)6-13(5-11)23-3/h4-7H,8-9H2,1-3H3,(H,19,20). The maximum Gasteiger partial charge on any atom is 0.323 e. The first-order valence-corrected chi connectivity index (χ1v) is 7.90. The van der Waals surface area contributed by atoms with Crippen molar-refractivity contribution in [2.24, 2.45) is 0 Å². The van der Waals surface area contributed by atoms with E-state index in [1.165, 1.54) is 36.7 Å². The molecular weight excluding hydrogens is 332 g/mol. The molecule has 0 bridgehead atoms. The highest BCUT2D eigenvalue weighted by Crippen LogP contribution is 2.24. The summed E-state index contributed by atoms with van der Waals surface area (Å²) in [4.78, 5) is 29.4. The van der Waals surface area contributed by atoms with Crippen molar-refractivity contribution in [3.05, 3.63) is 39.8 Å². The third-order valence-corrected chi connectivity index (χ3v) is 4.13. The minimum atomic E-state index is -1.08. The summed E-state index contributed by atoms with van der Waals surface area (Å²) < 4.78 is 10.4. The molecule has 0 saturated heterocycles. The maximum absolute atomic E-state index is 12.6. The number of aromatic nitrogens is 1. The largest absolute Gasteiger partial charge is 0.497 e. The van der Waals surface area contributed by atoms with Crippen LogP contribution in [0, 0.1) is 6.92 Å². The van der Waals surface area contributed by atoms with Crippen LogP contribution in [-0.4, -0.2) is 47.6 Å². The number of methoxy groups -OCH3 is 2. The molecule has 0 aliphatic heterocycles. The van der Waals surface area contributed by atoms with Gasteiger partial charge in [0.1, 0.15) is 22.9 Å². The Balaban J connectivity index is 2.28. The van der Waals surface area contributed by atoms with Gasteiger partial charge in [0.15, 0.2) is 0 Å². The molecule has 2 aromatic rings. The van der Waals surface area contributed by atoms with Crippen LogP contribution in [0.3, 0.4) is 0 Å². The van der Waals surface area contributed by atoms with E-state index in [-0.39, 0.29) is 12.5 Å². The van der Waals surface area contributed by atoms with Crippen LogP contribution in [0.15, 0.2) is 24.4 Å². The van der Waals surface area contributed by atoms with Crippen molar-refractivity contribution in [1.29, 1.82) is 0 Å². The minimum absolute atomic E-state index is 0.121. The maximum atomic E-state index is 12.6. The first-order chi connectivity index (χ1) is 11.4. The number of nitrogens with zero attached hydrogens (tertiary/aromatic N) is 2. The third-order valence-electron chi connectivity index (χ3n) is 3.23. The Labute approximate surface area is 143 Å². The number of carbonyl (C=O) groups excluding carboxylic acids is 1. The molecule has 1 aromatic heterocycles. The molecular formula is C16H18N2O5S. The molecule has 0 spiro atoms. The van der Waals surface area contributed by atoms with Gasteiger partial charge in [-0.1, -0.05) is 0 Å². The van der Waals surface area contributed by atoms with Gasteiger partial charge in [-0.2, -0.15) is 0 Å². The predicted octanol–water partition coefficient (Wildman–Crippen LogP) is 2.20. The van der Waals surface area contributed by atoms with E-state index >= 15 is 0 Å². The number of carbonyl (C=O) groups is 2. The Morgan fingerprint density at radius 3 is 2.29 bits per heavy atom. The lowest BCUT2D eigenvalue weighted by Gasteiger charge is -2.20. The van der Waals surface area contributed by atoms with E-state index in [9.17, 15) is 9.59 Å². The molecule has 0 saturated carbocycles. The Kier molecular flexibility index (Phi) is 5.75. The summed E-state index contributed by atoms with van der Waals surface area (Å²) >= 11 is 1.23. The van der Waals surface area contributed by atoms with Crippen LogP contribution < -0.4 is 9.47 Å². The number of hydrogen-bond donors (Lipinski definition) is 1. The van der Waals surface area contributed by atoms with Gasteiger partial charge in [0.05, 0.1) is 25.4 Å². The molecule has 1 N–H and O–H groups in total. The number of benzene rings is 1. The number of amides is 1. The van der Waals surface area contributed by atoms with Crippen molar-refractivity contribution in [3.63, 3.8) is 0 Å². The lowest BCUT2D eigenvalue weighted by Crippen LogP contribution is -2.34. The van der Waals surface area contributed by atoms with Gasteiger partial charge in [0.25, 0.3) is 5.91 Å². The van der Waals surface area contributed by atoms with Gasteiger partial charge >= 0.3 is 5.97 Å². The van der Waals surface area contributed by atoms with Crippen molar-refractivity contribution < 1.29 is 24.2 Å². The topological polar surface area (TPSA) is 89.0 Å². The van der Waals surface area contributed by atoms with Crippen molar-refractivity contribution in [2.45, 2.75) is 13.5 Å². The second-order valence-corrected chi connectivity index (χ2v) is 6.25. The monoisotopic (exact) mass is 350 g/mol. The molecule has 0 unspecified atom stereocenters. The smallest absolute Gasteiger partial charge is 0.323 e. The van der Waals surface area contributed by atoms with Crippen LogP contribution in [0.5, 0.6) is 11.5 Å². The molecule has 1 heterocycles. The van der Waals surface area contributed by atoms with Gasteiger partial charge in [0, 0.05) is 12.6 Å². The third kappa shape index (κ3) is 4.45. The summed E-state index contributed by atoms with van der Waals surface area (Å²) in [6, 6.07) is 5.19.